The van der Waals surface area contributed by atoms with E-state index in [0.717, 1.165) is 0 Å². The van der Waals surface area contributed by atoms with Crippen LogP contribution in [0.5, 0.6) is 0 Å². The highest BCUT2D eigenvalue weighted by atomic mass is 19.3. The van der Waals surface area contributed by atoms with Crippen LogP contribution in [0.25, 0.3) is 0 Å². The van der Waals surface area contributed by atoms with Crippen LogP contribution in [0.15, 0.2) is 30.3 Å². The lowest BCUT2D eigenvalue weighted by molar-refractivity contribution is -0.0277. The number of hydrogen-bond donors (Lipinski definition) is 1. The molecule has 0 radical (unpaired) electrons. The lowest BCUT2D eigenvalue weighted by Crippen LogP contribution is -2.18. The molecule has 0 aliphatic heterocycles. The summed E-state index contributed by atoms with van der Waals surface area (Å²) in [4.78, 5) is 0. The zero-order valence-electron chi connectivity index (χ0n) is 10.4. The van der Waals surface area contributed by atoms with E-state index in [1.165, 1.54) is 12.1 Å². The Morgan fingerprint density at radius 3 is 2.29 bits per heavy atom. The second-order valence-electron chi connectivity index (χ2n) is 4.89. The highest BCUT2D eigenvalue weighted by Gasteiger charge is 2.31. The highest BCUT2D eigenvalue weighted by Crippen LogP contribution is 2.33. The molecule has 0 fully saturated rings. The maximum Gasteiger partial charge on any atom is 0.273 e. The van der Waals surface area contributed by atoms with Crippen molar-refractivity contribution in [3.63, 3.8) is 0 Å². The Morgan fingerprint density at radius 2 is 1.76 bits per heavy atom. The summed E-state index contributed by atoms with van der Waals surface area (Å²) in [7, 11) is 0. The fourth-order valence-electron chi connectivity index (χ4n) is 1.84. The van der Waals surface area contributed by atoms with Gasteiger partial charge in [-0.2, -0.15) is 0 Å². The third-order valence-electron chi connectivity index (χ3n) is 2.73. The summed E-state index contributed by atoms with van der Waals surface area (Å²) in [6, 6.07) is 7.78. The first-order valence-corrected chi connectivity index (χ1v) is 6.03. The normalized spacial score (nSPS) is 14.0. The number of halogens is 2. The standard InChI is InChI=1S/C14H20F2O/c1-11(2)10-13(17)8-9-14(15,16)12-6-4-3-5-7-12/h3-7,11,13,17H,8-10H2,1-2H3. The van der Waals surface area contributed by atoms with E-state index >= 15 is 0 Å². The maximum absolute atomic E-state index is 13.7. The lowest BCUT2D eigenvalue weighted by atomic mass is 9.97. The van der Waals surface area contributed by atoms with E-state index in [4.69, 9.17) is 0 Å². The molecule has 0 bridgehead atoms. The van der Waals surface area contributed by atoms with Crippen molar-refractivity contribution in [3.8, 4) is 0 Å². The molecule has 0 amide bonds. The lowest BCUT2D eigenvalue weighted by Gasteiger charge is -2.19. The molecule has 1 unspecified atom stereocenters. The summed E-state index contributed by atoms with van der Waals surface area (Å²) in [5.74, 6) is -2.52. The van der Waals surface area contributed by atoms with Crippen molar-refractivity contribution in [1.82, 2.24) is 0 Å². The number of aliphatic hydroxyl groups excluding tert-OH is 1. The van der Waals surface area contributed by atoms with Crippen LogP contribution in [0.3, 0.4) is 0 Å². The number of hydrogen-bond acceptors (Lipinski definition) is 1. The molecule has 0 saturated carbocycles. The second kappa shape index (κ2) is 6.10. The zero-order valence-corrected chi connectivity index (χ0v) is 10.4. The molecule has 0 aromatic heterocycles. The average Bonchev–Trinajstić information content (AvgIpc) is 2.27. The monoisotopic (exact) mass is 242 g/mol. The highest BCUT2D eigenvalue weighted by molar-refractivity contribution is 5.19. The second-order valence-corrected chi connectivity index (χ2v) is 4.89. The molecule has 1 nitrogen and oxygen atoms in total. The fourth-order valence-corrected chi connectivity index (χ4v) is 1.84. The molecule has 96 valence electrons. The van der Waals surface area contributed by atoms with Crippen LogP contribution >= 0.6 is 0 Å². The summed E-state index contributed by atoms with van der Waals surface area (Å²) in [5.41, 5.74) is 0.0248. The van der Waals surface area contributed by atoms with E-state index in [-0.39, 0.29) is 18.4 Å². The van der Waals surface area contributed by atoms with Crippen LogP contribution in [0.1, 0.15) is 38.7 Å². The third kappa shape index (κ3) is 4.82. The van der Waals surface area contributed by atoms with Gasteiger partial charge in [0.2, 0.25) is 0 Å². The smallest absolute Gasteiger partial charge is 0.273 e. The van der Waals surface area contributed by atoms with Gasteiger partial charge in [0, 0.05) is 12.0 Å². The van der Waals surface area contributed by atoms with E-state index in [1.54, 1.807) is 18.2 Å². The van der Waals surface area contributed by atoms with Gasteiger partial charge < -0.3 is 5.11 Å². The average molecular weight is 242 g/mol. The molecule has 0 saturated heterocycles. The number of rotatable bonds is 6. The van der Waals surface area contributed by atoms with Gasteiger partial charge in [-0.25, -0.2) is 8.78 Å². The van der Waals surface area contributed by atoms with Gasteiger partial charge in [-0.1, -0.05) is 44.2 Å². The Kier molecular flexibility index (Phi) is 5.06. The van der Waals surface area contributed by atoms with Crippen molar-refractivity contribution in [2.24, 2.45) is 5.92 Å². The van der Waals surface area contributed by atoms with E-state index in [0.29, 0.717) is 12.3 Å². The largest absolute Gasteiger partial charge is 0.393 e. The summed E-state index contributed by atoms with van der Waals surface area (Å²) < 4.78 is 27.5. The molecule has 1 N–H and O–H groups in total. The van der Waals surface area contributed by atoms with E-state index < -0.39 is 12.0 Å². The van der Waals surface area contributed by atoms with Crippen molar-refractivity contribution in [2.45, 2.75) is 45.1 Å². The first kappa shape index (κ1) is 14.1. The summed E-state index contributed by atoms with van der Waals surface area (Å²) in [6.07, 6.45) is -0.222. The van der Waals surface area contributed by atoms with E-state index in [1.807, 2.05) is 13.8 Å². The Bertz CT molecular complexity index is 322. The topological polar surface area (TPSA) is 20.2 Å². The third-order valence-corrected chi connectivity index (χ3v) is 2.73. The summed E-state index contributed by atoms with van der Waals surface area (Å²) >= 11 is 0. The Hall–Kier alpha value is -0.960. The molecule has 0 heterocycles. The van der Waals surface area contributed by atoms with Crippen LogP contribution in [0, 0.1) is 5.92 Å². The van der Waals surface area contributed by atoms with Gasteiger partial charge in [0.15, 0.2) is 0 Å². The Labute approximate surface area is 101 Å². The Balaban J connectivity index is 2.50. The molecule has 1 aromatic carbocycles. The van der Waals surface area contributed by atoms with E-state index in [2.05, 4.69) is 0 Å². The van der Waals surface area contributed by atoms with Crippen molar-refractivity contribution in [1.29, 1.82) is 0 Å². The van der Waals surface area contributed by atoms with Crippen molar-refractivity contribution >= 4 is 0 Å². The summed E-state index contributed by atoms with van der Waals surface area (Å²) in [6.45, 7) is 3.94. The predicted octanol–water partition coefficient (Wildman–Crippen LogP) is 3.97. The Morgan fingerprint density at radius 1 is 1.18 bits per heavy atom. The molecule has 0 aliphatic rings. The SMILES string of the molecule is CC(C)CC(O)CCC(F)(F)c1ccccc1. The predicted molar refractivity (Wildman–Crippen MR) is 65.0 cm³/mol. The minimum atomic E-state index is -2.85. The van der Waals surface area contributed by atoms with Crippen LogP contribution in [0.4, 0.5) is 8.78 Å². The van der Waals surface area contributed by atoms with Gasteiger partial charge in [-0.05, 0) is 18.8 Å². The van der Waals surface area contributed by atoms with Crippen LogP contribution in [0.2, 0.25) is 0 Å². The van der Waals surface area contributed by atoms with Crippen molar-refractivity contribution in [3.05, 3.63) is 35.9 Å². The fraction of sp³-hybridized carbons (Fsp3) is 0.571. The molecular formula is C14H20F2O. The van der Waals surface area contributed by atoms with Crippen molar-refractivity contribution < 1.29 is 13.9 Å². The number of aliphatic hydroxyl groups is 1. The van der Waals surface area contributed by atoms with Gasteiger partial charge in [0.05, 0.1) is 6.10 Å². The van der Waals surface area contributed by atoms with Gasteiger partial charge in [0.25, 0.3) is 5.92 Å². The molecule has 1 aromatic rings. The molecule has 3 heteroatoms. The first-order valence-electron chi connectivity index (χ1n) is 6.03. The van der Waals surface area contributed by atoms with Crippen molar-refractivity contribution in [2.75, 3.05) is 0 Å². The molecule has 17 heavy (non-hydrogen) atoms. The molecule has 1 atom stereocenters. The van der Waals surface area contributed by atoms with Gasteiger partial charge in [-0.15, -0.1) is 0 Å². The van der Waals surface area contributed by atoms with Gasteiger partial charge in [0.1, 0.15) is 0 Å². The first-order chi connectivity index (χ1) is 7.92. The van der Waals surface area contributed by atoms with E-state index in [9.17, 15) is 13.9 Å². The molecule has 1 rings (SSSR count). The van der Waals surface area contributed by atoms with Crippen LogP contribution < -0.4 is 0 Å². The molecule has 0 aliphatic carbocycles. The minimum absolute atomic E-state index is 0.0248. The zero-order chi connectivity index (χ0) is 12.9. The maximum atomic E-state index is 13.7. The van der Waals surface area contributed by atoms with Gasteiger partial charge in [-0.3, -0.25) is 0 Å². The quantitative estimate of drug-likeness (QED) is 0.800. The summed E-state index contributed by atoms with van der Waals surface area (Å²) in [5, 5.41) is 9.60. The van der Waals surface area contributed by atoms with Crippen LogP contribution in [-0.4, -0.2) is 11.2 Å². The number of alkyl halides is 2. The number of benzene rings is 1. The molecule has 0 spiro atoms. The minimum Gasteiger partial charge on any atom is -0.393 e. The van der Waals surface area contributed by atoms with Crippen LogP contribution in [-0.2, 0) is 5.92 Å². The van der Waals surface area contributed by atoms with Gasteiger partial charge >= 0.3 is 0 Å². The molecular weight excluding hydrogens is 222 g/mol.